The van der Waals surface area contributed by atoms with E-state index in [4.69, 9.17) is 9.47 Å². The first-order chi connectivity index (χ1) is 8.74. The van der Waals surface area contributed by atoms with Crippen LogP contribution in [0.15, 0.2) is 16.6 Å². The van der Waals surface area contributed by atoms with E-state index in [1.807, 2.05) is 6.07 Å². The summed E-state index contributed by atoms with van der Waals surface area (Å²) in [7, 11) is 0. The standard InChI is InChI=1S/C14H15BrO3/c15-12-5-9-2-4-18-14(9)11(6-12)7-13(16)10-1-3-17-8-10/h5-6,10H,1-4,7-8H2. The van der Waals surface area contributed by atoms with Crippen LogP contribution in [0.4, 0.5) is 0 Å². The number of rotatable bonds is 3. The Bertz CT molecular complexity index is 478. The van der Waals surface area contributed by atoms with Gasteiger partial charge in [-0.3, -0.25) is 4.79 Å². The van der Waals surface area contributed by atoms with Crippen LogP contribution in [0.2, 0.25) is 0 Å². The van der Waals surface area contributed by atoms with Gasteiger partial charge in [0.2, 0.25) is 0 Å². The summed E-state index contributed by atoms with van der Waals surface area (Å²) in [6.07, 6.45) is 2.24. The van der Waals surface area contributed by atoms with Crippen LogP contribution in [0.5, 0.6) is 5.75 Å². The minimum atomic E-state index is 0.0704. The fourth-order valence-corrected chi connectivity index (χ4v) is 3.15. The number of fused-ring (bicyclic) bond motifs is 1. The molecule has 0 bridgehead atoms. The van der Waals surface area contributed by atoms with E-state index in [0.717, 1.165) is 35.2 Å². The molecule has 1 fully saturated rings. The van der Waals surface area contributed by atoms with Gasteiger partial charge in [0.1, 0.15) is 11.5 Å². The molecule has 2 aliphatic rings. The van der Waals surface area contributed by atoms with Gasteiger partial charge in [-0.1, -0.05) is 15.9 Å². The second-order valence-electron chi connectivity index (χ2n) is 4.86. The highest BCUT2D eigenvalue weighted by Gasteiger charge is 2.26. The average Bonchev–Trinajstić information content (AvgIpc) is 2.98. The molecule has 0 amide bonds. The quantitative estimate of drug-likeness (QED) is 0.860. The fourth-order valence-electron chi connectivity index (χ4n) is 2.60. The summed E-state index contributed by atoms with van der Waals surface area (Å²) < 4.78 is 11.9. The van der Waals surface area contributed by atoms with Crippen molar-refractivity contribution in [2.24, 2.45) is 5.92 Å². The molecule has 18 heavy (non-hydrogen) atoms. The third-order valence-corrected chi connectivity index (χ3v) is 4.03. The van der Waals surface area contributed by atoms with Gasteiger partial charge in [-0.05, 0) is 24.1 Å². The van der Waals surface area contributed by atoms with E-state index < -0.39 is 0 Å². The van der Waals surface area contributed by atoms with E-state index in [-0.39, 0.29) is 11.7 Å². The molecule has 0 spiro atoms. The van der Waals surface area contributed by atoms with Crippen LogP contribution in [0.3, 0.4) is 0 Å². The Balaban J connectivity index is 1.82. The van der Waals surface area contributed by atoms with Crippen molar-refractivity contribution in [1.29, 1.82) is 0 Å². The zero-order valence-electron chi connectivity index (χ0n) is 10.1. The SMILES string of the molecule is O=C(Cc1cc(Br)cc2c1OCC2)C1CCOC1. The molecule has 3 nitrogen and oxygen atoms in total. The topological polar surface area (TPSA) is 35.5 Å². The van der Waals surface area contributed by atoms with Crippen molar-refractivity contribution < 1.29 is 14.3 Å². The predicted molar refractivity (Wildman–Crippen MR) is 71.0 cm³/mol. The molecule has 1 atom stereocenters. The average molecular weight is 311 g/mol. The number of hydrogen-bond donors (Lipinski definition) is 0. The highest BCUT2D eigenvalue weighted by molar-refractivity contribution is 9.10. The van der Waals surface area contributed by atoms with Gasteiger partial charge in [0.25, 0.3) is 0 Å². The molecule has 1 unspecified atom stereocenters. The molecule has 0 aliphatic carbocycles. The highest BCUT2D eigenvalue weighted by atomic mass is 79.9. The van der Waals surface area contributed by atoms with Gasteiger partial charge in [0.05, 0.1) is 13.2 Å². The van der Waals surface area contributed by atoms with Gasteiger partial charge in [0, 0.05) is 35.4 Å². The minimum Gasteiger partial charge on any atom is -0.493 e. The first kappa shape index (κ1) is 12.2. The van der Waals surface area contributed by atoms with E-state index in [1.54, 1.807) is 0 Å². The second kappa shape index (κ2) is 5.02. The Morgan fingerprint density at radius 1 is 1.39 bits per heavy atom. The number of hydrogen-bond acceptors (Lipinski definition) is 3. The smallest absolute Gasteiger partial charge is 0.142 e. The van der Waals surface area contributed by atoms with Crippen molar-refractivity contribution in [1.82, 2.24) is 0 Å². The lowest BCUT2D eigenvalue weighted by Crippen LogP contribution is -2.17. The van der Waals surface area contributed by atoms with Crippen LogP contribution in [0.25, 0.3) is 0 Å². The Kier molecular flexibility index (Phi) is 3.39. The maximum absolute atomic E-state index is 12.2. The van der Waals surface area contributed by atoms with E-state index >= 15 is 0 Å². The maximum atomic E-state index is 12.2. The van der Waals surface area contributed by atoms with Crippen LogP contribution in [-0.2, 0) is 22.4 Å². The largest absolute Gasteiger partial charge is 0.493 e. The Morgan fingerprint density at radius 3 is 3.06 bits per heavy atom. The molecule has 1 aromatic rings. The molecule has 0 saturated carbocycles. The highest BCUT2D eigenvalue weighted by Crippen LogP contribution is 2.34. The first-order valence-electron chi connectivity index (χ1n) is 6.28. The van der Waals surface area contributed by atoms with Gasteiger partial charge < -0.3 is 9.47 Å². The van der Waals surface area contributed by atoms with Crippen LogP contribution in [-0.4, -0.2) is 25.6 Å². The third kappa shape index (κ3) is 2.31. The zero-order valence-corrected chi connectivity index (χ0v) is 11.7. The van der Waals surface area contributed by atoms with Crippen LogP contribution < -0.4 is 4.74 Å². The van der Waals surface area contributed by atoms with Gasteiger partial charge in [-0.15, -0.1) is 0 Å². The summed E-state index contributed by atoms with van der Waals surface area (Å²) in [5.41, 5.74) is 2.21. The zero-order chi connectivity index (χ0) is 12.5. The summed E-state index contributed by atoms with van der Waals surface area (Å²) in [5.74, 6) is 1.26. The molecule has 1 saturated heterocycles. The van der Waals surface area contributed by atoms with Crippen molar-refractivity contribution >= 4 is 21.7 Å². The summed E-state index contributed by atoms with van der Waals surface area (Å²) in [6, 6.07) is 4.08. The molecule has 2 aliphatic heterocycles. The Morgan fingerprint density at radius 2 is 2.28 bits per heavy atom. The number of carbonyl (C=O) groups is 1. The van der Waals surface area contributed by atoms with E-state index in [1.165, 1.54) is 5.56 Å². The van der Waals surface area contributed by atoms with E-state index in [2.05, 4.69) is 22.0 Å². The lowest BCUT2D eigenvalue weighted by molar-refractivity contribution is -0.122. The maximum Gasteiger partial charge on any atom is 0.142 e. The molecular weight excluding hydrogens is 296 g/mol. The summed E-state index contributed by atoms with van der Waals surface area (Å²) in [6.45, 7) is 2.01. The second-order valence-corrected chi connectivity index (χ2v) is 5.77. The molecular formula is C14H15BrO3. The Labute approximate surface area is 115 Å². The summed E-state index contributed by atoms with van der Waals surface area (Å²) in [5, 5.41) is 0. The van der Waals surface area contributed by atoms with Gasteiger partial charge in [-0.25, -0.2) is 0 Å². The number of ether oxygens (including phenoxy) is 2. The first-order valence-corrected chi connectivity index (χ1v) is 7.08. The van der Waals surface area contributed by atoms with Crippen LogP contribution in [0, 0.1) is 5.92 Å². The number of benzene rings is 1. The lowest BCUT2D eigenvalue weighted by Gasteiger charge is -2.11. The lowest BCUT2D eigenvalue weighted by atomic mass is 9.96. The monoisotopic (exact) mass is 310 g/mol. The van der Waals surface area contributed by atoms with Crippen molar-refractivity contribution in [3.8, 4) is 5.75 Å². The van der Waals surface area contributed by atoms with Gasteiger partial charge >= 0.3 is 0 Å². The molecule has 96 valence electrons. The molecule has 3 rings (SSSR count). The van der Waals surface area contributed by atoms with E-state index in [9.17, 15) is 4.79 Å². The van der Waals surface area contributed by atoms with Crippen molar-refractivity contribution in [3.05, 3.63) is 27.7 Å². The molecule has 0 aromatic heterocycles. The predicted octanol–water partition coefficient (Wildman–Crippen LogP) is 2.53. The molecule has 1 aromatic carbocycles. The molecule has 0 N–H and O–H groups in total. The molecule has 4 heteroatoms. The van der Waals surface area contributed by atoms with Crippen molar-refractivity contribution in [2.75, 3.05) is 19.8 Å². The number of carbonyl (C=O) groups excluding carboxylic acids is 1. The minimum absolute atomic E-state index is 0.0704. The van der Waals surface area contributed by atoms with Gasteiger partial charge in [0.15, 0.2) is 0 Å². The van der Waals surface area contributed by atoms with Crippen molar-refractivity contribution in [3.63, 3.8) is 0 Å². The number of Topliss-reactive ketones (excluding diaryl/α,β-unsaturated/α-hetero) is 1. The van der Waals surface area contributed by atoms with Gasteiger partial charge in [-0.2, -0.15) is 0 Å². The van der Waals surface area contributed by atoms with Crippen LogP contribution >= 0.6 is 15.9 Å². The van der Waals surface area contributed by atoms with Crippen molar-refractivity contribution in [2.45, 2.75) is 19.3 Å². The van der Waals surface area contributed by atoms with E-state index in [0.29, 0.717) is 19.6 Å². The van der Waals surface area contributed by atoms with Crippen LogP contribution in [0.1, 0.15) is 17.5 Å². The third-order valence-electron chi connectivity index (χ3n) is 3.58. The normalized spacial score (nSPS) is 21.7. The number of ketones is 1. The number of halogens is 1. The fraction of sp³-hybridized carbons (Fsp3) is 0.500. The molecule has 2 heterocycles. The molecule has 0 radical (unpaired) electrons. The summed E-state index contributed by atoms with van der Waals surface area (Å²) in [4.78, 5) is 12.2. The Hall–Kier alpha value is -0.870. The summed E-state index contributed by atoms with van der Waals surface area (Å²) >= 11 is 3.50.